The van der Waals surface area contributed by atoms with Crippen molar-refractivity contribution in [2.75, 3.05) is 26.5 Å². The average molecular weight is 325 g/mol. The van der Waals surface area contributed by atoms with Gasteiger partial charge in [0.25, 0.3) is 5.91 Å². The van der Waals surface area contributed by atoms with E-state index in [9.17, 15) is 4.79 Å². The van der Waals surface area contributed by atoms with Crippen LogP contribution in [0.4, 0.5) is 0 Å². The van der Waals surface area contributed by atoms with Gasteiger partial charge in [-0.25, -0.2) is 0 Å². The Kier molecular flexibility index (Phi) is 4.09. The van der Waals surface area contributed by atoms with E-state index in [0.29, 0.717) is 36.8 Å². The van der Waals surface area contributed by atoms with E-state index in [1.807, 2.05) is 23.1 Å². The second kappa shape index (κ2) is 6.53. The number of amides is 1. The summed E-state index contributed by atoms with van der Waals surface area (Å²) < 4.78 is 16.5. The number of morpholine rings is 1. The van der Waals surface area contributed by atoms with Gasteiger partial charge in [0.15, 0.2) is 11.5 Å². The average Bonchev–Trinajstić information content (AvgIpc) is 3.10. The van der Waals surface area contributed by atoms with Crippen molar-refractivity contribution >= 4 is 5.91 Å². The first kappa shape index (κ1) is 15.0. The molecule has 2 aromatic rings. The zero-order chi connectivity index (χ0) is 16.4. The fourth-order valence-corrected chi connectivity index (χ4v) is 3.12. The third-order valence-electron chi connectivity index (χ3n) is 4.35. The lowest BCUT2D eigenvalue weighted by Gasteiger charge is -2.33. The van der Waals surface area contributed by atoms with Crippen LogP contribution in [0, 0.1) is 0 Å². The summed E-state index contributed by atoms with van der Waals surface area (Å²) in [5, 5.41) is 0. The van der Waals surface area contributed by atoms with Gasteiger partial charge in [-0.2, -0.15) is 0 Å². The van der Waals surface area contributed by atoms with Gasteiger partial charge in [-0.15, -0.1) is 0 Å². The fraction of sp³-hybridized carbons (Fsp3) is 0.316. The van der Waals surface area contributed by atoms with Crippen LogP contribution in [0.3, 0.4) is 0 Å². The minimum atomic E-state index is 0.00895. The summed E-state index contributed by atoms with van der Waals surface area (Å²) in [6.07, 6.45) is 0.838. The van der Waals surface area contributed by atoms with E-state index >= 15 is 0 Å². The molecular formula is C19H19NO4. The Morgan fingerprint density at radius 2 is 1.92 bits per heavy atom. The first-order chi connectivity index (χ1) is 11.8. The molecule has 124 valence electrons. The lowest BCUT2D eigenvalue weighted by atomic mass is 10.1. The molecule has 1 amide bonds. The smallest absolute Gasteiger partial charge is 0.254 e. The molecule has 0 spiro atoms. The highest BCUT2D eigenvalue weighted by Crippen LogP contribution is 2.33. The van der Waals surface area contributed by atoms with E-state index in [1.165, 1.54) is 5.56 Å². The first-order valence-electron chi connectivity index (χ1n) is 8.14. The van der Waals surface area contributed by atoms with E-state index in [4.69, 9.17) is 14.2 Å². The van der Waals surface area contributed by atoms with Crippen LogP contribution in [0.15, 0.2) is 48.5 Å². The molecular weight excluding hydrogens is 306 g/mol. The summed E-state index contributed by atoms with van der Waals surface area (Å²) in [4.78, 5) is 14.6. The number of fused-ring (bicyclic) bond motifs is 1. The number of nitrogens with zero attached hydrogens (tertiary/aromatic N) is 1. The molecule has 0 aliphatic carbocycles. The highest BCUT2D eigenvalue weighted by molar-refractivity contribution is 5.95. The monoisotopic (exact) mass is 325 g/mol. The number of carbonyl (C=O) groups is 1. The lowest BCUT2D eigenvalue weighted by molar-refractivity contribution is -0.0208. The van der Waals surface area contributed by atoms with Gasteiger partial charge in [-0.3, -0.25) is 4.79 Å². The number of carbonyl (C=O) groups excluding carboxylic acids is 1. The second-order valence-corrected chi connectivity index (χ2v) is 6.00. The maximum atomic E-state index is 12.8. The van der Waals surface area contributed by atoms with Crippen LogP contribution in [0.25, 0.3) is 0 Å². The predicted octanol–water partition coefficient (Wildman–Crippen LogP) is 2.50. The van der Waals surface area contributed by atoms with Crippen molar-refractivity contribution in [3.63, 3.8) is 0 Å². The largest absolute Gasteiger partial charge is 0.454 e. The highest BCUT2D eigenvalue weighted by atomic mass is 16.7. The Bertz CT molecular complexity index is 731. The molecule has 0 N–H and O–H groups in total. The van der Waals surface area contributed by atoms with Crippen molar-refractivity contribution in [3.8, 4) is 11.5 Å². The summed E-state index contributed by atoms with van der Waals surface area (Å²) >= 11 is 0. The molecule has 1 unspecified atom stereocenters. The molecule has 2 aromatic carbocycles. The molecule has 2 aliphatic heterocycles. The Hall–Kier alpha value is -2.53. The van der Waals surface area contributed by atoms with Gasteiger partial charge >= 0.3 is 0 Å². The molecule has 4 rings (SSSR count). The Balaban J connectivity index is 1.44. The molecule has 0 bridgehead atoms. The number of rotatable bonds is 3. The van der Waals surface area contributed by atoms with E-state index < -0.39 is 0 Å². The third-order valence-corrected chi connectivity index (χ3v) is 4.35. The van der Waals surface area contributed by atoms with Crippen molar-refractivity contribution in [2.24, 2.45) is 0 Å². The standard InChI is InChI=1S/C19H19NO4/c21-19(15-6-7-17-18(11-15)24-13-23-17)20-8-9-22-16(12-20)10-14-4-2-1-3-5-14/h1-7,11,16H,8-10,12-13H2. The zero-order valence-corrected chi connectivity index (χ0v) is 13.3. The summed E-state index contributed by atoms with van der Waals surface area (Å²) in [6, 6.07) is 15.5. The van der Waals surface area contributed by atoms with Crippen molar-refractivity contribution in [2.45, 2.75) is 12.5 Å². The van der Waals surface area contributed by atoms with E-state index in [1.54, 1.807) is 18.2 Å². The van der Waals surface area contributed by atoms with Gasteiger partial charge in [-0.1, -0.05) is 30.3 Å². The maximum absolute atomic E-state index is 12.8. The summed E-state index contributed by atoms with van der Waals surface area (Å²) in [5.74, 6) is 1.33. The van der Waals surface area contributed by atoms with Crippen molar-refractivity contribution in [1.29, 1.82) is 0 Å². The molecule has 1 fully saturated rings. The summed E-state index contributed by atoms with van der Waals surface area (Å²) in [6.45, 7) is 1.98. The molecule has 0 saturated carbocycles. The van der Waals surface area contributed by atoms with Crippen LogP contribution in [0.5, 0.6) is 11.5 Å². The van der Waals surface area contributed by atoms with Crippen molar-refractivity contribution in [1.82, 2.24) is 4.90 Å². The van der Waals surface area contributed by atoms with Crippen molar-refractivity contribution < 1.29 is 19.0 Å². The topological polar surface area (TPSA) is 48.0 Å². The van der Waals surface area contributed by atoms with Crippen LogP contribution < -0.4 is 9.47 Å². The van der Waals surface area contributed by atoms with Crippen LogP contribution in [-0.2, 0) is 11.2 Å². The lowest BCUT2D eigenvalue weighted by Crippen LogP contribution is -2.46. The zero-order valence-electron chi connectivity index (χ0n) is 13.3. The quantitative estimate of drug-likeness (QED) is 0.870. The second-order valence-electron chi connectivity index (χ2n) is 6.00. The SMILES string of the molecule is O=C(c1ccc2c(c1)OCO2)N1CCOC(Cc2ccccc2)C1. The van der Waals surface area contributed by atoms with Gasteiger partial charge in [0, 0.05) is 25.1 Å². The molecule has 5 nitrogen and oxygen atoms in total. The van der Waals surface area contributed by atoms with Gasteiger partial charge < -0.3 is 19.1 Å². The van der Waals surface area contributed by atoms with E-state index in [2.05, 4.69) is 12.1 Å². The summed E-state index contributed by atoms with van der Waals surface area (Å²) in [5.41, 5.74) is 1.85. The van der Waals surface area contributed by atoms with Crippen LogP contribution >= 0.6 is 0 Å². The third kappa shape index (κ3) is 3.08. The van der Waals surface area contributed by atoms with E-state index in [-0.39, 0.29) is 18.8 Å². The maximum Gasteiger partial charge on any atom is 0.254 e. The van der Waals surface area contributed by atoms with Gasteiger partial charge in [0.05, 0.1) is 12.7 Å². The Morgan fingerprint density at radius 3 is 2.79 bits per heavy atom. The molecule has 1 saturated heterocycles. The minimum absolute atomic E-state index is 0.00895. The van der Waals surface area contributed by atoms with Gasteiger partial charge in [0.2, 0.25) is 6.79 Å². The molecule has 24 heavy (non-hydrogen) atoms. The van der Waals surface area contributed by atoms with Gasteiger partial charge in [0.1, 0.15) is 0 Å². The van der Waals surface area contributed by atoms with E-state index in [0.717, 1.165) is 6.42 Å². The number of benzene rings is 2. The Morgan fingerprint density at radius 1 is 1.08 bits per heavy atom. The molecule has 0 aromatic heterocycles. The molecule has 5 heteroatoms. The minimum Gasteiger partial charge on any atom is -0.454 e. The fourth-order valence-electron chi connectivity index (χ4n) is 3.12. The number of hydrogen-bond acceptors (Lipinski definition) is 4. The van der Waals surface area contributed by atoms with Gasteiger partial charge in [-0.05, 0) is 23.8 Å². The Labute approximate surface area is 140 Å². The first-order valence-corrected chi connectivity index (χ1v) is 8.14. The van der Waals surface area contributed by atoms with Crippen LogP contribution in [0.2, 0.25) is 0 Å². The number of ether oxygens (including phenoxy) is 3. The molecule has 2 heterocycles. The summed E-state index contributed by atoms with van der Waals surface area (Å²) in [7, 11) is 0. The molecule has 2 aliphatic rings. The number of hydrogen-bond donors (Lipinski definition) is 0. The van der Waals surface area contributed by atoms with Crippen molar-refractivity contribution in [3.05, 3.63) is 59.7 Å². The van der Waals surface area contributed by atoms with Crippen LogP contribution in [-0.4, -0.2) is 43.4 Å². The van der Waals surface area contributed by atoms with Crippen LogP contribution in [0.1, 0.15) is 15.9 Å². The highest BCUT2D eigenvalue weighted by Gasteiger charge is 2.26. The normalized spacial score (nSPS) is 19.3. The molecule has 0 radical (unpaired) electrons. The molecule has 1 atom stereocenters. The predicted molar refractivity (Wildman–Crippen MR) is 88.4 cm³/mol.